The van der Waals surface area contributed by atoms with Crippen LogP contribution in [-0.4, -0.2) is 88.2 Å². The van der Waals surface area contributed by atoms with Crippen LogP contribution in [-0.2, 0) is 47.2 Å². The molecule has 2 fully saturated rings. The van der Waals surface area contributed by atoms with Gasteiger partial charge in [-0.25, -0.2) is 4.98 Å². The van der Waals surface area contributed by atoms with Gasteiger partial charge in [0.05, 0.1) is 39.6 Å². The molecule has 11 nitrogen and oxygen atoms in total. The molecular formula is C33H39F3N4O7S. The fourth-order valence-corrected chi connectivity index (χ4v) is 7.34. The molecule has 1 atom stereocenters. The SMILES string of the molecule is O=C(OC(COCc1ccccc1)COCc1ccccc1)[C@@H]1CCCCN1S(=O)(=O)N(c1cccnc1N1CCOCC1)C(F)(F)F. The number of morpholine rings is 1. The average molecular weight is 693 g/mol. The van der Waals surface area contributed by atoms with Crippen LogP contribution < -0.4 is 9.21 Å². The van der Waals surface area contributed by atoms with Crippen LogP contribution in [0.1, 0.15) is 30.4 Å². The standard InChI is InChI=1S/C33H39F3N4O7S/c34-33(35,36)40(29-15-9-16-37-31(29)38-18-20-44-21-19-38)48(42,43)39-17-8-7-14-30(39)32(41)47-28(24-45-22-26-10-3-1-4-11-26)25-46-23-27-12-5-2-6-13-27/h1-6,9-13,15-16,28,30H,7-8,14,17-25H2/t30-/m0/s1. The number of carbonyl (C=O) groups is 1. The summed E-state index contributed by atoms with van der Waals surface area (Å²) < 4.78 is 95.2. The zero-order valence-electron chi connectivity index (χ0n) is 26.3. The molecule has 5 rings (SSSR count). The highest BCUT2D eigenvalue weighted by Gasteiger charge is 2.53. The number of hydrogen-bond donors (Lipinski definition) is 0. The van der Waals surface area contributed by atoms with E-state index in [4.69, 9.17) is 18.9 Å². The molecule has 260 valence electrons. The minimum absolute atomic E-state index is 0.0183. The van der Waals surface area contributed by atoms with Gasteiger partial charge in [-0.3, -0.25) is 4.79 Å². The number of anilines is 2. The van der Waals surface area contributed by atoms with Gasteiger partial charge in [-0.15, -0.1) is 13.2 Å². The molecule has 2 aromatic carbocycles. The van der Waals surface area contributed by atoms with Crippen LogP contribution in [0.4, 0.5) is 24.7 Å². The van der Waals surface area contributed by atoms with Crippen molar-refractivity contribution in [2.45, 2.75) is 50.9 Å². The van der Waals surface area contributed by atoms with Gasteiger partial charge in [0.1, 0.15) is 17.8 Å². The van der Waals surface area contributed by atoms with Gasteiger partial charge in [0.2, 0.25) is 0 Å². The number of pyridine rings is 1. The Hall–Kier alpha value is -3.76. The maximum absolute atomic E-state index is 14.8. The molecule has 0 N–H and O–H groups in total. The van der Waals surface area contributed by atoms with Crippen molar-refractivity contribution in [3.8, 4) is 0 Å². The summed E-state index contributed by atoms with van der Waals surface area (Å²) in [5.41, 5.74) is 1.11. The molecule has 15 heteroatoms. The van der Waals surface area contributed by atoms with Crippen molar-refractivity contribution in [3.05, 3.63) is 90.1 Å². The van der Waals surface area contributed by atoms with Crippen LogP contribution in [0.25, 0.3) is 0 Å². The summed E-state index contributed by atoms with van der Waals surface area (Å²) in [5, 5.41) is 0. The van der Waals surface area contributed by atoms with E-state index in [1.807, 2.05) is 60.7 Å². The number of rotatable bonds is 14. The Kier molecular flexibility index (Phi) is 12.3. The first kappa shape index (κ1) is 35.5. The summed E-state index contributed by atoms with van der Waals surface area (Å²) in [4.78, 5) is 19.3. The number of carbonyl (C=O) groups excluding carboxylic acids is 1. The number of ether oxygens (including phenoxy) is 4. The highest BCUT2D eigenvalue weighted by Crippen LogP contribution is 2.40. The van der Waals surface area contributed by atoms with Gasteiger partial charge in [0.25, 0.3) is 0 Å². The maximum Gasteiger partial charge on any atom is 0.499 e. The Morgan fingerprint density at radius 3 is 2.08 bits per heavy atom. The summed E-state index contributed by atoms with van der Waals surface area (Å²) in [6, 6.07) is 19.5. The van der Waals surface area contributed by atoms with E-state index >= 15 is 0 Å². The normalized spacial score (nSPS) is 17.8. The lowest BCUT2D eigenvalue weighted by Gasteiger charge is -2.39. The second kappa shape index (κ2) is 16.6. The first-order valence-electron chi connectivity index (χ1n) is 15.7. The zero-order chi connectivity index (χ0) is 34.0. The van der Waals surface area contributed by atoms with E-state index in [1.165, 1.54) is 12.3 Å². The molecule has 0 bridgehead atoms. The topological polar surface area (TPSA) is 111 Å². The summed E-state index contributed by atoms with van der Waals surface area (Å²) in [6.07, 6.45) is -4.35. The number of benzene rings is 2. The molecule has 3 heterocycles. The third-order valence-corrected chi connectivity index (χ3v) is 9.79. The summed E-state index contributed by atoms with van der Waals surface area (Å²) in [6.45, 7) is 0.929. The highest BCUT2D eigenvalue weighted by molar-refractivity contribution is 7.90. The van der Waals surface area contributed by atoms with Crippen molar-refractivity contribution in [3.63, 3.8) is 0 Å². The Labute approximate surface area is 278 Å². The first-order valence-corrected chi connectivity index (χ1v) is 17.1. The lowest BCUT2D eigenvalue weighted by Crippen LogP contribution is -2.58. The molecule has 0 unspecified atom stereocenters. The quantitative estimate of drug-likeness (QED) is 0.176. The molecule has 48 heavy (non-hydrogen) atoms. The van der Waals surface area contributed by atoms with Crippen molar-refractivity contribution in [1.82, 2.24) is 9.29 Å². The van der Waals surface area contributed by atoms with Crippen molar-refractivity contribution in [2.75, 3.05) is 55.3 Å². The van der Waals surface area contributed by atoms with Crippen LogP contribution in [0.3, 0.4) is 0 Å². The lowest BCUT2D eigenvalue weighted by molar-refractivity contribution is -0.162. The van der Waals surface area contributed by atoms with Crippen LogP contribution in [0.15, 0.2) is 79.0 Å². The van der Waals surface area contributed by atoms with Gasteiger partial charge in [0, 0.05) is 25.8 Å². The Morgan fingerprint density at radius 2 is 1.50 bits per heavy atom. The second-order valence-corrected chi connectivity index (χ2v) is 13.1. The Balaban J connectivity index is 1.35. The van der Waals surface area contributed by atoms with Gasteiger partial charge >= 0.3 is 22.5 Å². The largest absolute Gasteiger partial charge is 0.499 e. The molecule has 0 amide bonds. The lowest BCUT2D eigenvalue weighted by atomic mass is 10.1. The second-order valence-electron chi connectivity index (χ2n) is 11.4. The number of nitrogens with zero attached hydrogens (tertiary/aromatic N) is 4. The Bertz CT molecular complexity index is 1520. The van der Waals surface area contributed by atoms with E-state index < -0.39 is 44.6 Å². The summed E-state index contributed by atoms with van der Waals surface area (Å²) in [5.74, 6) is -1.12. The van der Waals surface area contributed by atoms with Gasteiger partial charge in [-0.2, -0.15) is 17.0 Å². The van der Waals surface area contributed by atoms with Crippen molar-refractivity contribution < 1.29 is 45.3 Å². The molecule has 0 saturated carbocycles. The van der Waals surface area contributed by atoms with Crippen LogP contribution in [0, 0.1) is 0 Å². The van der Waals surface area contributed by atoms with Crippen LogP contribution >= 0.6 is 0 Å². The monoisotopic (exact) mass is 692 g/mol. The fraction of sp³-hybridized carbons (Fsp3) is 0.455. The van der Waals surface area contributed by atoms with Crippen LogP contribution in [0.5, 0.6) is 0 Å². The number of piperidine rings is 1. The number of alkyl halides is 3. The van der Waals surface area contributed by atoms with E-state index in [0.29, 0.717) is 10.7 Å². The minimum Gasteiger partial charge on any atom is -0.456 e. The summed E-state index contributed by atoms with van der Waals surface area (Å²) in [7, 11) is -5.35. The molecule has 0 aliphatic carbocycles. The third-order valence-electron chi connectivity index (χ3n) is 7.89. The number of esters is 1. The molecule has 2 aliphatic heterocycles. The molecule has 3 aromatic rings. The number of aromatic nitrogens is 1. The molecule has 2 saturated heterocycles. The Morgan fingerprint density at radius 1 is 0.896 bits per heavy atom. The van der Waals surface area contributed by atoms with Crippen molar-refractivity contribution >= 4 is 27.7 Å². The minimum atomic E-state index is -5.37. The van der Waals surface area contributed by atoms with Crippen LogP contribution in [0.2, 0.25) is 0 Å². The maximum atomic E-state index is 14.8. The van der Waals surface area contributed by atoms with E-state index in [-0.39, 0.29) is 77.9 Å². The van der Waals surface area contributed by atoms with Gasteiger partial charge in [-0.1, -0.05) is 60.7 Å². The predicted molar refractivity (Wildman–Crippen MR) is 171 cm³/mol. The smallest absolute Gasteiger partial charge is 0.456 e. The van der Waals surface area contributed by atoms with Gasteiger partial charge < -0.3 is 23.8 Å². The number of halogens is 3. The fourth-order valence-electron chi connectivity index (χ4n) is 5.60. The van der Waals surface area contributed by atoms with Gasteiger partial charge in [0.15, 0.2) is 5.82 Å². The highest BCUT2D eigenvalue weighted by atomic mass is 32.2. The average Bonchev–Trinajstić information content (AvgIpc) is 3.09. The molecule has 0 radical (unpaired) electrons. The van der Waals surface area contributed by atoms with E-state index in [2.05, 4.69) is 4.98 Å². The van der Waals surface area contributed by atoms with Crippen molar-refractivity contribution in [2.24, 2.45) is 0 Å². The molecule has 2 aliphatic rings. The van der Waals surface area contributed by atoms with E-state index in [0.717, 1.165) is 17.2 Å². The van der Waals surface area contributed by atoms with E-state index in [1.54, 1.807) is 4.90 Å². The van der Waals surface area contributed by atoms with Gasteiger partial charge in [-0.05, 0) is 42.5 Å². The number of hydrogen-bond acceptors (Lipinski definition) is 9. The molecular weight excluding hydrogens is 653 g/mol. The summed E-state index contributed by atoms with van der Waals surface area (Å²) >= 11 is 0. The predicted octanol–water partition coefficient (Wildman–Crippen LogP) is 4.69. The van der Waals surface area contributed by atoms with Crippen molar-refractivity contribution in [1.29, 1.82) is 0 Å². The first-order chi connectivity index (χ1) is 23.1. The zero-order valence-corrected chi connectivity index (χ0v) is 27.2. The molecule has 1 aromatic heterocycles. The molecule has 0 spiro atoms. The third kappa shape index (κ3) is 9.23. The van der Waals surface area contributed by atoms with E-state index in [9.17, 15) is 26.4 Å².